The van der Waals surface area contributed by atoms with E-state index >= 15 is 0 Å². The van der Waals surface area contributed by atoms with Gasteiger partial charge in [-0.25, -0.2) is 9.97 Å². The van der Waals surface area contributed by atoms with Crippen LogP contribution in [0.3, 0.4) is 0 Å². The quantitative estimate of drug-likeness (QED) is 0.869. The molecule has 5 nitrogen and oxygen atoms in total. The summed E-state index contributed by atoms with van der Waals surface area (Å²) in [5.74, 6) is 0.917. The second kappa shape index (κ2) is 6.04. The number of aromatic nitrogens is 4. The fraction of sp³-hybridized carbons (Fsp3) is 0.611. The second-order valence-corrected chi connectivity index (χ2v) is 7.07. The first kappa shape index (κ1) is 14.8. The van der Waals surface area contributed by atoms with Crippen molar-refractivity contribution >= 4 is 0 Å². The Balaban J connectivity index is 1.43. The molecule has 122 valence electrons. The molecule has 0 amide bonds. The third-order valence-corrected chi connectivity index (χ3v) is 5.44. The lowest BCUT2D eigenvalue weighted by molar-refractivity contribution is 0.140. The fourth-order valence-corrected chi connectivity index (χ4v) is 4.33. The molecular weight excluding hydrogens is 286 g/mol. The van der Waals surface area contributed by atoms with Crippen LogP contribution >= 0.6 is 0 Å². The summed E-state index contributed by atoms with van der Waals surface area (Å²) in [5.41, 5.74) is 3.02. The van der Waals surface area contributed by atoms with E-state index in [0.717, 1.165) is 38.3 Å². The lowest BCUT2D eigenvalue weighted by atomic mass is 9.77. The minimum absolute atomic E-state index is 0.285. The van der Waals surface area contributed by atoms with Gasteiger partial charge in [0.25, 0.3) is 0 Å². The molecule has 1 saturated heterocycles. The van der Waals surface area contributed by atoms with Crippen LogP contribution in [-0.2, 0) is 18.4 Å². The Bertz CT molecular complexity index is 662. The number of piperidine rings is 1. The van der Waals surface area contributed by atoms with Crippen LogP contribution in [0.2, 0.25) is 0 Å². The first-order valence-corrected chi connectivity index (χ1v) is 8.78. The Morgan fingerprint density at radius 2 is 2.22 bits per heavy atom. The molecule has 5 heteroatoms. The molecule has 0 N–H and O–H groups in total. The number of hydrogen-bond acceptors (Lipinski definition) is 4. The summed E-state index contributed by atoms with van der Waals surface area (Å²) in [7, 11) is 0. The van der Waals surface area contributed by atoms with Crippen molar-refractivity contribution in [2.45, 2.75) is 51.0 Å². The van der Waals surface area contributed by atoms with Crippen molar-refractivity contribution in [1.29, 1.82) is 0 Å². The minimum atomic E-state index is 0.285. The van der Waals surface area contributed by atoms with Crippen LogP contribution in [0.4, 0.5) is 0 Å². The summed E-state index contributed by atoms with van der Waals surface area (Å²) >= 11 is 0. The molecule has 2 aliphatic rings. The van der Waals surface area contributed by atoms with E-state index in [9.17, 15) is 0 Å². The highest BCUT2D eigenvalue weighted by atomic mass is 15.3. The zero-order chi connectivity index (χ0) is 15.7. The van der Waals surface area contributed by atoms with Gasteiger partial charge < -0.3 is 4.90 Å². The van der Waals surface area contributed by atoms with E-state index in [0.29, 0.717) is 0 Å². The maximum atomic E-state index is 4.83. The van der Waals surface area contributed by atoms with E-state index in [1.165, 1.54) is 37.1 Å². The van der Waals surface area contributed by atoms with Gasteiger partial charge in [-0.3, -0.25) is 4.68 Å². The molecule has 0 bridgehead atoms. The Hall–Kier alpha value is -1.75. The van der Waals surface area contributed by atoms with Gasteiger partial charge in [0.15, 0.2) is 0 Å². The highest BCUT2D eigenvalue weighted by Crippen LogP contribution is 2.43. The molecule has 1 atom stereocenters. The molecule has 0 aromatic carbocycles. The van der Waals surface area contributed by atoms with Crippen molar-refractivity contribution in [3.8, 4) is 0 Å². The lowest BCUT2D eigenvalue weighted by Gasteiger charge is -2.40. The van der Waals surface area contributed by atoms with Gasteiger partial charge in [0.05, 0.1) is 5.69 Å². The molecule has 1 aliphatic heterocycles. The Kier molecular flexibility index (Phi) is 3.89. The van der Waals surface area contributed by atoms with Gasteiger partial charge in [-0.2, -0.15) is 5.10 Å². The van der Waals surface area contributed by atoms with Gasteiger partial charge in [-0.05, 0) is 63.7 Å². The van der Waals surface area contributed by atoms with Crippen molar-refractivity contribution in [3.05, 3.63) is 41.7 Å². The maximum Gasteiger partial charge on any atom is 0.125 e. The van der Waals surface area contributed by atoms with Crippen LogP contribution in [0.1, 0.15) is 42.8 Å². The predicted molar refractivity (Wildman–Crippen MR) is 89.3 cm³/mol. The van der Waals surface area contributed by atoms with Gasteiger partial charge in [0, 0.05) is 37.1 Å². The second-order valence-electron chi connectivity index (χ2n) is 7.07. The summed E-state index contributed by atoms with van der Waals surface area (Å²) < 4.78 is 2.03. The first-order chi connectivity index (χ1) is 11.3. The molecule has 4 rings (SSSR count). The average molecular weight is 311 g/mol. The number of likely N-dealkylation sites (tertiary alicyclic amines) is 1. The van der Waals surface area contributed by atoms with Crippen molar-refractivity contribution < 1.29 is 0 Å². The van der Waals surface area contributed by atoms with Crippen molar-refractivity contribution in [2.24, 2.45) is 0 Å². The summed E-state index contributed by atoms with van der Waals surface area (Å²) in [6, 6.07) is 1.99. The molecular formula is C18H25N5. The van der Waals surface area contributed by atoms with Gasteiger partial charge in [-0.1, -0.05) is 0 Å². The van der Waals surface area contributed by atoms with Crippen LogP contribution in [0.15, 0.2) is 24.7 Å². The van der Waals surface area contributed by atoms with Crippen molar-refractivity contribution in [3.63, 3.8) is 0 Å². The maximum absolute atomic E-state index is 4.83. The fourth-order valence-electron chi connectivity index (χ4n) is 4.33. The first-order valence-electron chi connectivity index (χ1n) is 8.78. The largest absolute Gasteiger partial charge is 0.302 e. The average Bonchev–Trinajstić information content (AvgIpc) is 3.18. The molecule has 2 aromatic heterocycles. The highest BCUT2D eigenvalue weighted by Gasteiger charge is 2.43. The summed E-state index contributed by atoms with van der Waals surface area (Å²) in [6.07, 6.45) is 12.1. The number of nitrogens with zero attached hydrogens (tertiary/aromatic N) is 5. The Morgan fingerprint density at radius 3 is 3.09 bits per heavy atom. The van der Waals surface area contributed by atoms with E-state index in [2.05, 4.69) is 21.2 Å². The molecule has 0 radical (unpaired) electrons. The zero-order valence-corrected chi connectivity index (χ0v) is 13.9. The highest BCUT2D eigenvalue weighted by molar-refractivity contribution is 5.33. The monoisotopic (exact) mass is 311 g/mol. The van der Waals surface area contributed by atoms with Gasteiger partial charge in [0.1, 0.15) is 5.82 Å². The molecule has 1 spiro atoms. The number of aryl methyl sites for hydroxylation is 3. The molecule has 23 heavy (non-hydrogen) atoms. The predicted octanol–water partition coefficient (Wildman–Crippen LogP) is 2.35. The van der Waals surface area contributed by atoms with Crippen LogP contribution < -0.4 is 0 Å². The van der Waals surface area contributed by atoms with Crippen molar-refractivity contribution in [2.75, 3.05) is 19.6 Å². The SMILES string of the molecule is Cc1ncc2c(n1)C1(CCCN(CCCn3cccn3)C1)CC2. The topological polar surface area (TPSA) is 46.8 Å². The minimum Gasteiger partial charge on any atom is -0.302 e. The molecule has 3 heterocycles. The lowest BCUT2D eigenvalue weighted by Crippen LogP contribution is -2.45. The summed E-state index contributed by atoms with van der Waals surface area (Å²) in [5, 5.41) is 4.29. The van der Waals surface area contributed by atoms with Crippen LogP contribution in [0.25, 0.3) is 0 Å². The Morgan fingerprint density at radius 1 is 1.26 bits per heavy atom. The third-order valence-electron chi connectivity index (χ3n) is 5.44. The standard InChI is InChI=1S/C18H25N5/c1-15-19-13-16-5-7-18(17(16)21-15)6-2-9-22(14-18)10-4-12-23-11-3-8-20-23/h3,8,11,13H,2,4-7,9-10,12,14H2,1H3. The van der Waals surface area contributed by atoms with E-state index < -0.39 is 0 Å². The molecule has 2 aromatic rings. The molecule has 1 unspecified atom stereocenters. The smallest absolute Gasteiger partial charge is 0.125 e. The number of hydrogen-bond donors (Lipinski definition) is 0. The number of fused-ring (bicyclic) bond motifs is 2. The molecule has 0 saturated carbocycles. The normalized spacial score (nSPS) is 24.2. The zero-order valence-electron chi connectivity index (χ0n) is 13.9. The van der Waals surface area contributed by atoms with Gasteiger partial charge >= 0.3 is 0 Å². The van der Waals surface area contributed by atoms with Gasteiger partial charge in [-0.15, -0.1) is 0 Å². The summed E-state index contributed by atoms with van der Waals surface area (Å²) in [4.78, 5) is 11.9. The van der Waals surface area contributed by atoms with Crippen LogP contribution in [-0.4, -0.2) is 44.3 Å². The van der Waals surface area contributed by atoms with E-state index in [4.69, 9.17) is 4.98 Å². The van der Waals surface area contributed by atoms with Gasteiger partial charge in [0.2, 0.25) is 0 Å². The van der Waals surface area contributed by atoms with E-state index in [-0.39, 0.29) is 5.41 Å². The van der Waals surface area contributed by atoms with Crippen molar-refractivity contribution in [1.82, 2.24) is 24.6 Å². The third kappa shape index (κ3) is 2.90. The molecule has 1 aliphatic carbocycles. The van der Waals surface area contributed by atoms with E-state index in [1.54, 1.807) is 0 Å². The summed E-state index contributed by atoms with van der Waals surface area (Å²) in [6.45, 7) is 6.56. The van der Waals surface area contributed by atoms with Crippen LogP contribution in [0.5, 0.6) is 0 Å². The molecule has 1 fully saturated rings. The Labute approximate surface area is 137 Å². The number of rotatable bonds is 4. The van der Waals surface area contributed by atoms with E-state index in [1.807, 2.05) is 30.1 Å². The van der Waals surface area contributed by atoms with Crippen LogP contribution in [0, 0.1) is 6.92 Å².